The van der Waals surface area contributed by atoms with Crippen LogP contribution < -0.4 is 5.73 Å². The van der Waals surface area contributed by atoms with Gasteiger partial charge in [-0.05, 0) is 25.7 Å². The lowest BCUT2D eigenvalue weighted by Crippen LogP contribution is -2.21. The summed E-state index contributed by atoms with van der Waals surface area (Å²) < 4.78 is 0. The van der Waals surface area contributed by atoms with Crippen molar-refractivity contribution in [3.05, 3.63) is 11.6 Å². The summed E-state index contributed by atoms with van der Waals surface area (Å²) in [4.78, 5) is 4.65. The molecule has 0 bridgehead atoms. The Kier molecular flexibility index (Phi) is 2.06. The molecule has 0 amide bonds. The monoisotopic (exact) mass is 206 g/mol. The van der Waals surface area contributed by atoms with Crippen LogP contribution >= 0.6 is 0 Å². The molecule has 4 nitrogen and oxygen atoms in total. The molecule has 2 aliphatic rings. The summed E-state index contributed by atoms with van der Waals surface area (Å²) in [6.07, 6.45) is 7.52. The fourth-order valence-electron chi connectivity index (χ4n) is 2.56. The second-order valence-electron chi connectivity index (χ2n) is 5.01. The molecule has 4 heteroatoms. The number of nitrogens with one attached hydrogen (secondary N) is 1. The summed E-state index contributed by atoms with van der Waals surface area (Å²) in [6.45, 7) is 0.689. The summed E-state index contributed by atoms with van der Waals surface area (Å²) in [6, 6.07) is 0. The van der Waals surface area contributed by atoms with Gasteiger partial charge in [-0.3, -0.25) is 5.10 Å². The Labute approximate surface area is 89.7 Å². The minimum absolute atomic E-state index is 0.132. The third-order valence-electron chi connectivity index (χ3n) is 3.96. The van der Waals surface area contributed by atoms with Crippen molar-refractivity contribution in [2.45, 2.75) is 49.9 Å². The van der Waals surface area contributed by atoms with E-state index in [-0.39, 0.29) is 5.41 Å². The number of nitrogens with two attached hydrogens (primary N) is 1. The average molecular weight is 206 g/mol. The van der Waals surface area contributed by atoms with E-state index in [0.717, 1.165) is 24.5 Å². The van der Waals surface area contributed by atoms with E-state index in [0.29, 0.717) is 12.5 Å². The maximum absolute atomic E-state index is 5.77. The molecule has 1 aromatic rings. The predicted octanol–water partition coefficient (Wildman–Crippen LogP) is 1.45. The molecule has 0 radical (unpaired) electrons. The lowest BCUT2D eigenvalue weighted by Gasteiger charge is -2.06. The largest absolute Gasteiger partial charge is 0.329 e. The lowest BCUT2D eigenvalue weighted by molar-refractivity contribution is 0.645. The van der Waals surface area contributed by atoms with Crippen molar-refractivity contribution in [2.75, 3.05) is 6.54 Å². The van der Waals surface area contributed by atoms with E-state index >= 15 is 0 Å². The van der Waals surface area contributed by atoms with E-state index in [1.165, 1.54) is 25.7 Å². The van der Waals surface area contributed by atoms with Gasteiger partial charge in [-0.2, -0.15) is 5.10 Å². The molecule has 1 heterocycles. The lowest BCUT2D eigenvalue weighted by atomic mass is 10.1. The smallest absolute Gasteiger partial charge is 0.158 e. The standard InChI is InChI=1S/C11H18N4/c12-7-11(5-6-11)10-13-9(14-15-10)8-3-1-2-4-8/h8H,1-7,12H2,(H,13,14,15). The van der Waals surface area contributed by atoms with Crippen LogP contribution in [-0.2, 0) is 5.41 Å². The van der Waals surface area contributed by atoms with Crippen LogP contribution in [0.3, 0.4) is 0 Å². The van der Waals surface area contributed by atoms with Crippen molar-refractivity contribution in [3.63, 3.8) is 0 Å². The maximum atomic E-state index is 5.77. The molecule has 82 valence electrons. The SMILES string of the molecule is NCC1(c2n[nH]c(C3CCCC3)n2)CC1. The molecule has 0 atom stereocenters. The van der Waals surface area contributed by atoms with Crippen molar-refractivity contribution in [2.24, 2.45) is 5.73 Å². The Morgan fingerprint density at radius 3 is 2.67 bits per heavy atom. The highest BCUT2D eigenvalue weighted by molar-refractivity contribution is 5.19. The van der Waals surface area contributed by atoms with Crippen LogP contribution in [0, 0.1) is 0 Å². The Balaban J connectivity index is 1.81. The van der Waals surface area contributed by atoms with Gasteiger partial charge in [0.2, 0.25) is 0 Å². The van der Waals surface area contributed by atoms with Gasteiger partial charge in [0, 0.05) is 17.9 Å². The summed E-state index contributed by atoms with van der Waals surface area (Å²) in [5.41, 5.74) is 5.90. The summed E-state index contributed by atoms with van der Waals surface area (Å²) >= 11 is 0. The van der Waals surface area contributed by atoms with Crippen LogP contribution in [0.25, 0.3) is 0 Å². The van der Waals surface area contributed by atoms with Crippen LogP contribution in [0.4, 0.5) is 0 Å². The number of aromatic amines is 1. The number of rotatable bonds is 3. The van der Waals surface area contributed by atoms with E-state index in [2.05, 4.69) is 15.2 Å². The molecule has 15 heavy (non-hydrogen) atoms. The molecule has 0 spiro atoms. The maximum Gasteiger partial charge on any atom is 0.158 e. The van der Waals surface area contributed by atoms with Crippen molar-refractivity contribution in [3.8, 4) is 0 Å². The van der Waals surface area contributed by atoms with Gasteiger partial charge in [0.1, 0.15) is 5.82 Å². The highest BCUT2D eigenvalue weighted by Crippen LogP contribution is 2.46. The van der Waals surface area contributed by atoms with E-state index in [1.54, 1.807) is 0 Å². The molecule has 3 rings (SSSR count). The molecule has 0 unspecified atom stereocenters. The van der Waals surface area contributed by atoms with E-state index in [9.17, 15) is 0 Å². The second-order valence-corrected chi connectivity index (χ2v) is 5.01. The number of nitrogens with zero attached hydrogens (tertiary/aromatic N) is 2. The molecular weight excluding hydrogens is 188 g/mol. The molecule has 2 saturated carbocycles. The van der Waals surface area contributed by atoms with Gasteiger partial charge in [-0.25, -0.2) is 4.98 Å². The first-order valence-corrected chi connectivity index (χ1v) is 5.97. The van der Waals surface area contributed by atoms with Crippen LogP contribution in [-0.4, -0.2) is 21.7 Å². The van der Waals surface area contributed by atoms with Crippen LogP contribution in [0.2, 0.25) is 0 Å². The quantitative estimate of drug-likeness (QED) is 0.786. The molecular formula is C11H18N4. The Morgan fingerprint density at radius 1 is 1.33 bits per heavy atom. The fourth-order valence-corrected chi connectivity index (χ4v) is 2.56. The zero-order chi connectivity index (χ0) is 10.3. The first-order chi connectivity index (χ1) is 7.34. The van der Waals surface area contributed by atoms with Gasteiger partial charge >= 0.3 is 0 Å². The zero-order valence-electron chi connectivity index (χ0n) is 9.00. The van der Waals surface area contributed by atoms with Gasteiger partial charge in [-0.15, -0.1) is 0 Å². The molecule has 0 aliphatic heterocycles. The minimum atomic E-state index is 0.132. The fraction of sp³-hybridized carbons (Fsp3) is 0.818. The van der Waals surface area contributed by atoms with Gasteiger partial charge in [0.05, 0.1) is 0 Å². The normalized spacial score (nSPS) is 24.6. The first-order valence-electron chi connectivity index (χ1n) is 5.97. The van der Waals surface area contributed by atoms with Crippen molar-refractivity contribution in [1.29, 1.82) is 0 Å². The van der Waals surface area contributed by atoms with Crippen LogP contribution in [0.15, 0.2) is 0 Å². The highest BCUT2D eigenvalue weighted by Gasteiger charge is 2.46. The Morgan fingerprint density at radius 2 is 2.07 bits per heavy atom. The molecule has 3 N–H and O–H groups in total. The van der Waals surface area contributed by atoms with E-state index in [4.69, 9.17) is 5.73 Å². The van der Waals surface area contributed by atoms with Gasteiger partial charge < -0.3 is 5.73 Å². The predicted molar refractivity (Wildman–Crippen MR) is 57.6 cm³/mol. The molecule has 1 aromatic heterocycles. The molecule has 2 fully saturated rings. The third-order valence-corrected chi connectivity index (χ3v) is 3.96. The van der Waals surface area contributed by atoms with Gasteiger partial charge in [0.25, 0.3) is 0 Å². The molecule has 0 aromatic carbocycles. The van der Waals surface area contributed by atoms with Crippen molar-refractivity contribution in [1.82, 2.24) is 15.2 Å². The number of H-pyrrole nitrogens is 1. The first kappa shape index (κ1) is 9.33. The number of hydrogen-bond donors (Lipinski definition) is 2. The average Bonchev–Trinajstić information content (AvgIpc) is 2.74. The second kappa shape index (κ2) is 3.30. The van der Waals surface area contributed by atoms with Gasteiger partial charge in [0.15, 0.2) is 5.82 Å². The van der Waals surface area contributed by atoms with Crippen molar-refractivity contribution >= 4 is 0 Å². The van der Waals surface area contributed by atoms with Crippen LogP contribution in [0.1, 0.15) is 56.1 Å². The zero-order valence-corrected chi connectivity index (χ0v) is 9.00. The highest BCUT2D eigenvalue weighted by atomic mass is 15.2. The third kappa shape index (κ3) is 1.47. The van der Waals surface area contributed by atoms with E-state index in [1.807, 2.05) is 0 Å². The topological polar surface area (TPSA) is 67.6 Å². The van der Waals surface area contributed by atoms with Crippen molar-refractivity contribution < 1.29 is 0 Å². The number of hydrogen-bond acceptors (Lipinski definition) is 3. The van der Waals surface area contributed by atoms with E-state index < -0.39 is 0 Å². The Hall–Kier alpha value is -0.900. The Bertz CT molecular complexity index is 347. The van der Waals surface area contributed by atoms with Gasteiger partial charge in [-0.1, -0.05) is 12.8 Å². The number of aromatic nitrogens is 3. The summed E-state index contributed by atoms with van der Waals surface area (Å²) in [5.74, 6) is 2.69. The minimum Gasteiger partial charge on any atom is -0.329 e. The molecule has 0 saturated heterocycles. The van der Waals surface area contributed by atoms with Crippen LogP contribution in [0.5, 0.6) is 0 Å². The molecule has 2 aliphatic carbocycles. The summed E-state index contributed by atoms with van der Waals surface area (Å²) in [7, 11) is 0. The summed E-state index contributed by atoms with van der Waals surface area (Å²) in [5, 5.41) is 7.46.